The highest BCUT2D eigenvalue weighted by molar-refractivity contribution is 7.92. The predicted octanol–water partition coefficient (Wildman–Crippen LogP) is 3.59. The van der Waals surface area contributed by atoms with Crippen molar-refractivity contribution in [2.24, 2.45) is 0 Å². The third kappa shape index (κ3) is 7.35. The molecule has 0 radical (unpaired) electrons. The lowest BCUT2D eigenvalue weighted by molar-refractivity contribution is -0.139. The summed E-state index contributed by atoms with van der Waals surface area (Å²) < 4.78 is 31.4. The highest BCUT2D eigenvalue weighted by atomic mass is 35.5. The number of anilines is 1. The summed E-state index contributed by atoms with van der Waals surface area (Å²) >= 11 is 6.00. The van der Waals surface area contributed by atoms with E-state index >= 15 is 0 Å². The standard InChI is InChI=1S/C25H32ClN3O5S/c1-18(25(31)27-21-6-4-5-7-21)28(16-19-8-10-20(26)11-9-19)24(30)17-29(35(3,32)33)22-12-14-23(34-2)15-13-22/h8-15,18,21H,4-7,16-17H2,1-3H3,(H,27,31). The Morgan fingerprint density at radius 2 is 1.69 bits per heavy atom. The summed E-state index contributed by atoms with van der Waals surface area (Å²) in [4.78, 5) is 28.0. The molecule has 2 aromatic rings. The Hall–Kier alpha value is -2.78. The van der Waals surface area contributed by atoms with Crippen molar-refractivity contribution in [3.8, 4) is 5.75 Å². The number of hydrogen-bond acceptors (Lipinski definition) is 5. The molecule has 0 aliphatic heterocycles. The number of nitrogens with one attached hydrogen (secondary N) is 1. The molecule has 0 saturated heterocycles. The zero-order valence-electron chi connectivity index (χ0n) is 20.2. The second-order valence-corrected chi connectivity index (χ2v) is 11.1. The fourth-order valence-corrected chi connectivity index (χ4v) is 5.10. The first-order valence-corrected chi connectivity index (χ1v) is 13.8. The minimum Gasteiger partial charge on any atom is -0.497 e. The number of sulfonamides is 1. The molecule has 10 heteroatoms. The van der Waals surface area contributed by atoms with Crippen LogP contribution in [0.4, 0.5) is 5.69 Å². The van der Waals surface area contributed by atoms with Gasteiger partial charge in [-0.05, 0) is 61.7 Å². The van der Waals surface area contributed by atoms with Crippen LogP contribution >= 0.6 is 11.6 Å². The van der Waals surface area contributed by atoms with Crippen molar-refractivity contribution in [1.29, 1.82) is 0 Å². The molecule has 1 aliphatic carbocycles. The number of ether oxygens (including phenoxy) is 1. The first kappa shape index (κ1) is 26.8. The molecular formula is C25H32ClN3O5S. The number of hydrogen-bond donors (Lipinski definition) is 1. The molecule has 3 rings (SSSR count). The number of nitrogens with zero attached hydrogens (tertiary/aromatic N) is 2. The van der Waals surface area contributed by atoms with E-state index in [1.807, 2.05) is 0 Å². The van der Waals surface area contributed by atoms with E-state index in [-0.39, 0.29) is 18.5 Å². The van der Waals surface area contributed by atoms with E-state index in [1.165, 1.54) is 12.0 Å². The van der Waals surface area contributed by atoms with Crippen LogP contribution in [0.1, 0.15) is 38.2 Å². The maximum atomic E-state index is 13.5. The van der Waals surface area contributed by atoms with Crippen LogP contribution in [0.3, 0.4) is 0 Å². The van der Waals surface area contributed by atoms with Gasteiger partial charge < -0.3 is 15.0 Å². The van der Waals surface area contributed by atoms with Gasteiger partial charge in [0, 0.05) is 17.6 Å². The van der Waals surface area contributed by atoms with Gasteiger partial charge in [-0.25, -0.2) is 8.42 Å². The van der Waals surface area contributed by atoms with E-state index in [1.54, 1.807) is 55.5 Å². The van der Waals surface area contributed by atoms with Crippen LogP contribution in [0, 0.1) is 0 Å². The summed E-state index contributed by atoms with van der Waals surface area (Å²) in [5, 5.41) is 3.59. The number of halogens is 1. The van der Waals surface area contributed by atoms with Crippen LogP contribution in [0.15, 0.2) is 48.5 Å². The second-order valence-electron chi connectivity index (χ2n) is 8.78. The van der Waals surface area contributed by atoms with E-state index in [4.69, 9.17) is 16.3 Å². The normalized spacial score (nSPS) is 14.9. The van der Waals surface area contributed by atoms with Gasteiger partial charge in [-0.3, -0.25) is 13.9 Å². The summed E-state index contributed by atoms with van der Waals surface area (Å²) in [7, 11) is -2.27. The molecule has 1 atom stereocenters. The minimum absolute atomic E-state index is 0.101. The van der Waals surface area contributed by atoms with E-state index in [0.717, 1.165) is 41.8 Å². The molecule has 1 fully saturated rings. The molecule has 190 valence electrons. The fourth-order valence-electron chi connectivity index (χ4n) is 4.12. The number of methoxy groups -OCH3 is 1. The lowest BCUT2D eigenvalue weighted by Crippen LogP contribution is -2.52. The largest absolute Gasteiger partial charge is 0.497 e. The summed E-state index contributed by atoms with van der Waals surface area (Å²) in [5.41, 5.74) is 1.11. The minimum atomic E-state index is -3.78. The molecule has 2 amide bonds. The maximum absolute atomic E-state index is 13.5. The van der Waals surface area contributed by atoms with Crippen LogP contribution in [-0.2, 0) is 26.2 Å². The Bertz CT molecular complexity index is 1120. The predicted molar refractivity (Wildman–Crippen MR) is 137 cm³/mol. The smallest absolute Gasteiger partial charge is 0.244 e. The summed E-state index contributed by atoms with van der Waals surface area (Å²) in [6.45, 7) is 1.35. The van der Waals surface area contributed by atoms with Crippen molar-refractivity contribution < 1.29 is 22.7 Å². The van der Waals surface area contributed by atoms with Gasteiger partial charge in [-0.2, -0.15) is 0 Å². The van der Waals surface area contributed by atoms with Crippen molar-refractivity contribution in [2.75, 3.05) is 24.2 Å². The summed E-state index contributed by atoms with van der Waals surface area (Å²) in [6.07, 6.45) is 5.02. The molecule has 1 saturated carbocycles. The van der Waals surface area contributed by atoms with Gasteiger partial charge >= 0.3 is 0 Å². The first-order valence-electron chi connectivity index (χ1n) is 11.5. The molecule has 0 aromatic heterocycles. The van der Waals surface area contributed by atoms with Crippen LogP contribution in [0.2, 0.25) is 5.02 Å². The van der Waals surface area contributed by atoms with Crippen LogP contribution in [0.5, 0.6) is 5.75 Å². The molecule has 1 aliphatic rings. The highest BCUT2D eigenvalue weighted by Gasteiger charge is 2.31. The molecule has 1 unspecified atom stereocenters. The molecule has 2 aromatic carbocycles. The quantitative estimate of drug-likeness (QED) is 0.515. The number of amides is 2. The summed E-state index contributed by atoms with van der Waals surface area (Å²) in [6, 6.07) is 12.7. The zero-order valence-corrected chi connectivity index (χ0v) is 21.8. The number of benzene rings is 2. The second kappa shape index (κ2) is 11.8. The first-order chi connectivity index (χ1) is 16.6. The van der Waals surface area contributed by atoms with E-state index < -0.39 is 28.5 Å². The van der Waals surface area contributed by atoms with E-state index in [2.05, 4.69) is 5.32 Å². The molecule has 35 heavy (non-hydrogen) atoms. The fraction of sp³-hybridized carbons (Fsp3) is 0.440. The lowest BCUT2D eigenvalue weighted by Gasteiger charge is -2.32. The number of carbonyl (C=O) groups excluding carboxylic acids is 2. The van der Waals surface area contributed by atoms with Crippen molar-refractivity contribution >= 4 is 39.1 Å². The van der Waals surface area contributed by atoms with Crippen LogP contribution < -0.4 is 14.4 Å². The zero-order chi connectivity index (χ0) is 25.6. The van der Waals surface area contributed by atoms with Crippen molar-refractivity contribution in [3.63, 3.8) is 0 Å². The topological polar surface area (TPSA) is 96.0 Å². The number of carbonyl (C=O) groups is 2. The van der Waals surface area contributed by atoms with Gasteiger partial charge in [0.2, 0.25) is 21.8 Å². The molecular weight excluding hydrogens is 490 g/mol. The molecule has 0 spiro atoms. The van der Waals surface area contributed by atoms with Crippen LogP contribution in [-0.4, -0.2) is 57.1 Å². The van der Waals surface area contributed by atoms with Gasteiger partial charge in [-0.15, -0.1) is 0 Å². The average Bonchev–Trinajstić information content (AvgIpc) is 3.34. The maximum Gasteiger partial charge on any atom is 0.244 e. The highest BCUT2D eigenvalue weighted by Crippen LogP contribution is 2.23. The van der Waals surface area contributed by atoms with Gasteiger partial charge in [0.15, 0.2) is 0 Å². The molecule has 8 nitrogen and oxygen atoms in total. The Morgan fingerprint density at radius 1 is 1.09 bits per heavy atom. The van der Waals surface area contributed by atoms with Gasteiger partial charge in [0.05, 0.1) is 19.1 Å². The van der Waals surface area contributed by atoms with Gasteiger partial charge in [0.25, 0.3) is 0 Å². The molecule has 0 bridgehead atoms. The van der Waals surface area contributed by atoms with Crippen molar-refractivity contribution in [3.05, 3.63) is 59.1 Å². The Morgan fingerprint density at radius 3 is 2.23 bits per heavy atom. The monoisotopic (exact) mass is 521 g/mol. The molecule has 0 heterocycles. The van der Waals surface area contributed by atoms with Crippen LogP contribution in [0.25, 0.3) is 0 Å². The summed E-state index contributed by atoms with van der Waals surface area (Å²) in [5.74, 6) is -0.181. The third-order valence-corrected chi connectivity index (χ3v) is 7.57. The van der Waals surface area contributed by atoms with E-state index in [0.29, 0.717) is 16.5 Å². The van der Waals surface area contributed by atoms with Crippen molar-refractivity contribution in [1.82, 2.24) is 10.2 Å². The van der Waals surface area contributed by atoms with E-state index in [9.17, 15) is 18.0 Å². The third-order valence-electron chi connectivity index (χ3n) is 6.17. The Labute approximate surface area is 212 Å². The average molecular weight is 522 g/mol. The van der Waals surface area contributed by atoms with Gasteiger partial charge in [0.1, 0.15) is 18.3 Å². The lowest BCUT2D eigenvalue weighted by atomic mass is 10.1. The van der Waals surface area contributed by atoms with Gasteiger partial charge in [-0.1, -0.05) is 36.6 Å². The molecule has 1 N–H and O–H groups in total. The Kier molecular flexibility index (Phi) is 9.02. The Balaban J connectivity index is 1.86. The number of rotatable bonds is 10. The van der Waals surface area contributed by atoms with Crippen molar-refractivity contribution in [2.45, 2.75) is 51.2 Å². The SMILES string of the molecule is COc1ccc(N(CC(=O)N(Cc2ccc(Cl)cc2)C(C)C(=O)NC2CCCC2)S(C)(=O)=O)cc1.